The van der Waals surface area contributed by atoms with Gasteiger partial charge in [-0.3, -0.25) is 0 Å². The van der Waals surface area contributed by atoms with Crippen molar-refractivity contribution in [3.63, 3.8) is 0 Å². The quantitative estimate of drug-likeness (QED) is 0.165. The van der Waals surface area contributed by atoms with Crippen LogP contribution >= 0.6 is 47.8 Å². The maximum absolute atomic E-state index is 6.03. The minimum Gasteiger partial charge on any atom is -0.492 e. The minimum atomic E-state index is 0.327. The van der Waals surface area contributed by atoms with Crippen LogP contribution in [0, 0.1) is 0 Å². The molecular formula is C19H26Br3NO3. The van der Waals surface area contributed by atoms with Crippen molar-refractivity contribution in [3.05, 3.63) is 31.6 Å². The molecule has 0 atom stereocenters. The van der Waals surface area contributed by atoms with Crippen LogP contribution in [0.5, 0.6) is 11.5 Å². The summed E-state index contributed by atoms with van der Waals surface area (Å²) in [5.74, 6) is 2.02. The van der Waals surface area contributed by atoms with Crippen LogP contribution in [0.3, 0.4) is 0 Å². The standard InChI is InChI=1S/C19H26Br3NO3/c1-13(2)16-11-15(24-10-7-18(21)22)12-17(20)19(16)25-8-5-6-9-26-23-14(3)4/h7,11-13H,5-6,8-10H2,1-4H3. The van der Waals surface area contributed by atoms with E-state index in [0.29, 0.717) is 25.7 Å². The molecule has 0 aliphatic rings. The molecule has 26 heavy (non-hydrogen) atoms. The van der Waals surface area contributed by atoms with E-state index in [9.17, 15) is 0 Å². The number of hydrogen-bond donors (Lipinski definition) is 0. The van der Waals surface area contributed by atoms with E-state index in [0.717, 1.165) is 43.5 Å². The van der Waals surface area contributed by atoms with Crippen molar-refractivity contribution in [2.75, 3.05) is 19.8 Å². The molecule has 146 valence electrons. The number of hydrogen-bond acceptors (Lipinski definition) is 4. The number of benzene rings is 1. The average molecular weight is 556 g/mol. The monoisotopic (exact) mass is 553 g/mol. The van der Waals surface area contributed by atoms with Gasteiger partial charge in [0.2, 0.25) is 0 Å². The number of oxime groups is 1. The first kappa shape index (κ1) is 23.5. The molecule has 7 heteroatoms. The fraction of sp³-hybridized carbons (Fsp3) is 0.526. The fourth-order valence-corrected chi connectivity index (χ4v) is 2.91. The normalized spacial score (nSPS) is 10.5. The van der Waals surface area contributed by atoms with E-state index < -0.39 is 0 Å². The molecule has 0 spiro atoms. The third-order valence-electron chi connectivity index (χ3n) is 3.28. The smallest absolute Gasteiger partial charge is 0.137 e. The molecule has 0 saturated heterocycles. The van der Waals surface area contributed by atoms with Crippen molar-refractivity contribution in [1.29, 1.82) is 0 Å². The lowest BCUT2D eigenvalue weighted by atomic mass is 10.0. The van der Waals surface area contributed by atoms with Crippen molar-refractivity contribution >= 4 is 53.5 Å². The Morgan fingerprint density at radius 1 is 1.12 bits per heavy atom. The zero-order valence-electron chi connectivity index (χ0n) is 15.7. The van der Waals surface area contributed by atoms with E-state index in [1.807, 2.05) is 32.1 Å². The lowest BCUT2D eigenvalue weighted by Crippen LogP contribution is -2.04. The lowest BCUT2D eigenvalue weighted by molar-refractivity contribution is 0.135. The van der Waals surface area contributed by atoms with Gasteiger partial charge in [-0.25, -0.2) is 0 Å². The van der Waals surface area contributed by atoms with E-state index in [2.05, 4.69) is 66.8 Å². The van der Waals surface area contributed by atoms with Crippen LogP contribution in [-0.2, 0) is 4.84 Å². The van der Waals surface area contributed by atoms with Crippen LogP contribution in [0.1, 0.15) is 52.0 Å². The first-order valence-corrected chi connectivity index (χ1v) is 10.9. The minimum absolute atomic E-state index is 0.327. The van der Waals surface area contributed by atoms with Crippen molar-refractivity contribution in [2.24, 2.45) is 5.16 Å². The summed E-state index contributed by atoms with van der Waals surface area (Å²) < 4.78 is 13.6. The van der Waals surface area contributed by atoms with Gasteiger partial charge in [0.15, 0.2) is 0 Å². The van der Waals surface area contributed by atoms with Crippen LogP contribution in [0.2, 0.25) is 0 Å². The molecule has 0 heterocycles. The molecule has 4 nitrogen and oxygen atoms in total. The number of nitrogens with zero attached hydrogens (tertiary/aromatic N) is 1. The highest BCUT2D eigenvalue weighted by Crippen LogP contribution is 2.38. The molecule has 1 aromatic carbocycles. The average Bonchev–Trinajstić information content (AvgIpc) is 2.54. The molecule has 0 fully saturated rings. The highest BCUT2D eigenvalue weighted by atomic mass is 79.9. The summed E-state index contributed by atoms with van der Waals surface area (Å²) in [7, 11) is 0. The van der Waals surface area contributed by atoms with Gasteiger partial charge in [-0.15, -0.1) is 0 Å². The number of ether oxygens (including phenoxy) is 2. The summed E-state index contributed by atoms with van der Waals surface area (Å²) in [6.45, 7) is 9.84. The second kappa shape index (κ2) is 12.8. The Balaban J connectivity index is 2.63. The number of unbranched alkanes of at least 4 members (excludes halogenated alkanes) is 1. The Labute approximate surface area is 181 Å². The van der Waals surface area contributed by atoms with Gasteiger partial charge in [0, 0.05) is 5.56 Å². The molecular weight excluding hydrogens is 530 g/mol. The second-order valence-corrected chi connectivity index (χ2v) is 9.84. The van der Waals surface area contributed by atoms with Crippen molar-refractivity contribution in [3.8, 4) is 11.5 Å². The van der Waals surface area contributed by atoms with Crippen molar-refractivity contribution in [1.82, 2.24) is 0 Å². The van der Waals surface area contributed by atoms with E-state index in [1.165, 1.54) is 0 Å². The summed E-state index contributed by atoms with van der Waals surface area (Å²) in [5.41, 5.74) is 2.05. The first-order chi connectivity index (χ1) is 12.3. The molecule has 0 saturated carbocycles. The van der Waals surface area contributed by atoms with Gasteiger partial charge in [0.05, 0.1) is 20.2 Å². The molecule has 0 N–H and O–H groups in total. The molecule has 0 aliphatic carbocycles. The van der Waals surface area contributed by atoms with Crippen molar-refractivity contribution < 1.29 is 14.3 Å². The topological polar surface area (TPSA) is 40.0 Å². The summed E-state index contributed by atoms with van der Waals surface area (Å²) in [6, 6.07) is 3.99. The van der Waals surface area contributed by atoms with Crippen LogP contribution in [-0.4, -0.2) is 25.5 Å². The second-order valence-electron chi connectivity index (χ2n) is 6.21. The summed E-state index contributed by atoms with van der Waals surface area (Å²) in [6.07, 6.45) is 3.71. The Kier molecular flexibility index (Phi) is 11.6. The van der Waals surface area contributed by atoms with Gasteiger partial charge in [-0.1, -0.05) is 19.0 Å². The zero-order chi connectivity index (χ0) is 19.5. The molecule has 0 bridgehead atoms. The fourth-order valence-electron chi connectivity index (χ4n) is 2.07. The molecule has 0 unspecified atom stereocenters. The van der Waals surface area contributed by atoms with Gasteiger partial charge in [-0.2, -0.15) is 0 Å². The van der Waals surface area contributed by atoms with Gasteiger partial charge >= 0.3 is 0 Å². The molecule has 0 aromatic heterocycles. The Morgan fingerprint density at radius 3 is 2.42 bits per heavy atom. The summed E-state index contributed by atoms with van der Waals surface area (Å²) in [4.78, 5) is 5.20. The van der Waals surface area contributed by atoms with Gasteiger partial charge in [-0.05, 0) is 98.6 Å². The SMILES string of the molecule is CC(C)=NOCCCCOc1c(Br)cc(OCC=C(Br)Br)cc1C(C)C. The Morgan fingerprint density at radius 2 is 1.81 bits per heavy atom. The van der Waals surface area contributed by atoms with E-state index >= 15 is 0 Å². The highest BCUT2D eigenvalue weighted by Gasteiger charge is 2.14. The third-order valence-corrected chi connectivity index (χ3v) is 4.52. The number of halogens is 3. The summed E-state index contributed by atoms with van der Waals surface area (Å²) >= 11 is 10.3. The largest absolute Gasteiger partial charge is 0.492 e. The van der Waals surface area contributed by atoms with Gasteiger partial charge in [0.25, 0.3) is 0 Å². The highest BCUT2D eigenvalue weighted by molar-refractivity contribution is 9.28. The Hall–Kier alpha value is -0.530. The first-order valence-electron chi connectivity index (χ1n) is 8.54. The van der Waals surface area contributed by atoms with Crippen LogP contribution in [0.15, 0.2) is 31.2 Å². The number of rotatable bonds is 11. The van der Waals surface area contributed by atoms with E-state index in [-0.39, 0.29) is 0 Å². The maximum atomic E-state index is 6.03. The molecule has 0 aliphatic heterocycles. The van der Waals surface area contributed by atoms with Gasteiger partial charge in [0.1, 0.15) is 24.7 Å². The van der Waals surface area contributed by atoms with Crippen LogP contribution < -0.4 is 9.47 Å². The predicted octanol–water partition coefficient (Wildman–Crippen LogP) is 7.15. The molecule has 0 radical (unpaired) electrons. The van der Waals surface area contributed by atoms with Crippen molar-refractivity contribution in [2.45, 2.75) is 46.5 Å². The molecule has 0 amide bonds. The Bertz CT molecular complexity index is 623. The van der Waals surface area contributed by atoms with Crippen LogP contribution in [0.4, 0.5) is 0 Å². The maximum Gasteiger partial charge on any atom is 0.137 e. The van der Waals surface area contributed by atoms with Gasteiger partial charge < -0.3 is 14.3 Å². The van der Waals surface area contributed by atoms with E-state index in [4.69, 9.17) is 14.3 Å². The summed E-state index contributed by atoms with van der Waals surface area (Å²) in [5, 5.41) is 3.92. The third kappa shape index (κ3) is 9.42. The van der Waals surface area contributed by atoms with Crippen LogP contribution in [0.25, 0.3) is 0 Å². The predicted molar refractivity (Wildman–Crippen MR) is 119 cm³/mol. The molecule has 1 aromatic rings. The molecule has 1 rings (SSSR count). The lowest BCUT2D eigenvalue weighted by Gasteiger charge is -2.17. The zero-order valence-corrected chi connectivity index (χ0v) is 20.4. The van der Waals surface area contributed by atoms with E-state index in [1.54, 1.807) is 0 Å².